The van der Waals surface area contributed by atoms with Gasteiger partial charge in [0, 0.05) is 31.3 Å². The largest absolute Gasteiger partial charge is 0.459 e. The number of likely N-dealkylation sites (N-methyl/N-ethyl adjacent to an activating group) is 1. The van der Waals surface area contributed by atoms with Crippen LogP contribution in [-0.4, -0.2) is 97.3 Å². The van der Waals surface area contributed by atoms with Gasteiger partial charge in [-0.2, -0.15) is 0 Å². The van der Waals surface area contributed by atoms with E-state index in [1.165, 1.54) is 5.57 Å². The van der Waals surface area contributed by atoms with Crippen LogP contribution in [0.25, 0.3) is 0 Å². The lowest BCUT2D eigenvalue weighted by atomic mass is 9.60. The second kappa shape index (κ2) is 17.5. The van der Waals surface area contributed by atoms with E-state index < -0.39 is 35.1 Å². The Morgan fingerprint density at radius 3 is 2.65 bits per heavy atom. The highest BCUT2D eigenvalue weighted by atomic mass is 16.7. The molecule has 2 heterocycles. The average molecular weight is 728 g/mol. The molecule has 0 aromatic rings. The van der Waals surface area contributed by atoms with Crippen LogP contribution in [0.5, 0.6) is 0 Å². The standard InChI is InChI=1S/C41H64N4O7/c1-4-43-34-22-29-11-6-5-10-28(29)21-33(34)35(14-9-19-46)51-39(50)41-38(49)32-13-8-7-12-31(32)37(48)40(41,52-41)23-30(24-47)26(2)15-16-27-17-18-44-36(20-27)45-25-42-3/h6,11,22,27-28,31-36,42-47H,4-5,7-10,12-21,23-25H2,1-3H3/p+3/t27?,28-,31?,32?,33+,34-,35-,36?,40-,41-/m0/s1. The number of nitrogens with one attached hydrogen (secondary N) is 1. The first-order valence-electron chi connectivity index (χ1n) is 20.7. The first-order valence-corrected chi connectivity index (χ1v) is 20.7. The predicted molar refractivity (Wildman–Crippen MR) is 195 cm³/mol. The quantitative estimate of drug-likeness (QED) is 0.0414. The van der Waals surface area contributed by atoms with Crippen molar-refractivity contribution < 1.29 is 50.0 Å². The molecule has 11 heteroatoms. The smallest absolute Gasteiger partial charge is 0.350 e. The van der Waals surface area contributed by atoms with Crippen LogP contribution in [0.3, 0.4) is 0 Å². The molecule has 0 amide bonds. The maximum atomic E-state index is 14.7. The van der Waals surface area contributed by atoms with E-state index in [9.17, 15) is 24.6 Å². The Morgan fingerprint density at radius 2 is 1.92 bits per heavy atom. The molecule has 9 N–H and O–H groups in total. The summed E-state index contributed by atoms with van der Waals surface area (Å²) in [5.74, 6) is -1.30. The van der Waals surface area contributed by atoms with Gasteiger partial charge in [0.05, 0.1) is 32.7 Å². The van der Waals surface area contributed by atoms with E-state index >= 15 is 0 Å². The summed E-state index contributed by atoms with van der Waals surface area (Å²) in [5, 5.41) is 31.0. The highest BCUT2D eigenvalue weighted by Crippen LogP contribution is 2.62. The summed E-state index contributed by atoms with van der Waals surface area (Å²) < 4.78 is 12.9. The molecule has 52 heavy (non-hydrogen) atoms. The number of nitrogens with two attached hydrogens (primary N) is 3. The molecule has 4 fully saturated rings. The number of hydrogen-bond acceptors (Lipinski definition) is 8. The molecule has 6 rings (SSSR count). The highest BCUT2D eigenvalue weighted by molar-refractivity contribution is 6.23. The van der Waals surface area contributed by atoms with E-state index in [0.717, 1.165) is 83.1 Å². The number of aliphatic hydroxyl groups excluding tert-OH is 2. The van der Waals surface area contributed by atoms with Gasteiger partial charge >= 0.3 is 5.97 Å². The Balaban J connectivity index is 1.25. The molecule has 0 radical (unpaired) electrons. The summed E-state index contributed by atoms with van der Waals surface area (Å²) in [6, 6.07) is 0.0916. The normalized spacial score (nSPS) is 36.6. The Hall–Kier alpha value is -2.25. The fraction of sp³-hybridized carbons (Fsp3) is 0.780. The number of carbonyl (C=O) groups excluding carboxylic acids is 3. The molecule has 2 saturated heterocycles. The van der Waals surface area contributed by atoms with Crippen molar-refractivity contribution in [2.75, 3.05) is 40.0 Å². The maximum absolute atomic E-state index is 14.7. The molecule has 4 unspecified atom stereocenters. The fourth-order valence-corrected chi connectivity index (χ4v) is 10.5. The highest BCUT2D eigenvalue weighted by Gasteiger charge is 2.87. The Kier molecular flexibility index (Phi) is 13.3. The molecule has 0 aromatic heterocycles. The summed E-state index contributed by atoms with van der Waals surface area (Å²) in [6.07, 6.45) is 17.4. The van der Waals surface area contributed by atoms with Gasteiger partial charge in [0.1, 0.15) is 25.0 Å². The predicted octanol–water partition coefficient (Wildman–Crippen LogP) is 0.520. The number of ether oxygens (including phenoxy) is 2. The van der Waals surface area contributed by atoms with Crippen LogP contribution in [0.4, 0.5) is 0 Å². The van der Waals surface area contributed by atoms with Gasteiger partial charge in [-0.05, 0) is 107 Å². The molecular weight excluding hydrogens is 660 g/mol. The molecule has 290 valence electrons. The number of aliphatic hydroxyl groups is 2. The van der Waals surface area contributed by atoms with Gasteiger partial charge < -0.3 is 35.6 Å². The van der Waals surface area contributed by atoms with Crippen LogP contribution in [0.1, 0.15) is 104 Å². The van der Waals surface area contributed by atoms with Crippen molar-refractivity contribution in [3.8, 4) is 0 Å². The lowest BCUT2D eigenvalue weighted by Gasteiger charge is -2.40. The van der Waals surface area contributed by atoms with Crippen molar-refractivity contribution >= 4 is 17.5 Å². The van der Waals surface area contributed by atoms with E-state index in [1.807, 2.05) is 6.92 Å². The Morgan fingerprint density at radius 1 is 1.13 bits per heavy atom. The number of epoxide rings is 1. The summed E-state index contributed by atoms with van der Waals surface area (Å²) >= 11 is 0. The third-order valence-electron chi connectivity index (χ3n) is 13.5. The summed E-state index contributed by atoms with van der Waals surface area (Å²) in [5.41, 5.74) is -0.591. The lowest BCUT2D eigenvalue weighted by Crippen LogP contribution is -2.97. The topological polar surface area (TPSA) is 175 Å². The number of hydrogen-bond donors (Lipinski definition) is 6. The minimum atomic E-state index is -1.98. The number of carbonyl (C=O) groups is 3. The van der Waals surface area contributed by atoms with Crippen LogP contribution in [0, 0.1) is 29.6 Å². The third kappa shape index (κ3) is 7.79. The van der Waals surface area contributed by atoms with E-state index in [1.54, 1.807) is 0 Å². The average Bonchev–Trinajstić information content (AvgIpc) is 3.87. The second-order valence-corrected chi connectivity index (χ2v) is 16.7. The molecule has 4 aliphatic carbocycles. The van der Waals surface area contributed by atoms with Crippen LogP contribution in [-0.2, 0) is 23.9 Å². The van der Waals surface area contributed by atoms with Gasteiger partial charge in [-0.3, -0.25) is 9.59 Å². The van der Waals surface area contributed by atoms with Crippen molar-refractivity contribution in [1.29, 1.82) is 0 Å². The van der Waals surface area contributed by atoms with E-state index in [4.69, 9.17) is 9.47 Å². The second-order valence-electron chi connectivity index (χ2n) is 16.7. The van der Waals surface area contributed by atoms with Crippen LogP contribution in [0.2, 0.25) is 0 Å². The Bertz CT molecular complexity index is 1400. The zero-order valence-corrected chi connectivity index (χ0v) is 32.0. The first kappa shape index (κ1) is 39.4. The van der Waals surface area contributed by atoms with Crippen molar-refractivity contribution in [2.24, 2.45) is 29.6 Å². The zero-order chi connectivity index (χ0) is 36.9. The number of piperidine rings is 1. The number of fused-ring (bicyclic) bond motifs is 3. The third-order valence-corrected chi connectivity index (χ3v) is 13.5. The number of Topliss-reactive ketones (excluding diaryl/α,β-unsaturated/α-hetero) is 2. The molecule has 6 aliphatic rings. The number of rotatable bonds is 17. The van der Waals surface area contributed by atoms with Gasteiger partial charge in [-0.25, -0.2) is 10.1 Å². The Labute approximate surface area is 310 Å². The molecule has 2 saturated carbocycles. The van der Waals surface area contributed by atoms with Crippen LogP contribution in [0.15, 0.2) is 34.9 Å². The maximum Gasteiger partial charge on any atom is 0.350 e. The SMILES string of the molecule is CC[NH2+][C@H]1C=C2C=CCC[C@H]2C[C@H]1[C@H](CCCO)OC(=O)[C@]12O[C@@]1(CC(CO)=C(C)CCC1CC[NH2+]C(NC[NH2+]C)C1)C(=O)C1CCCCC1C2=O. The number of ketones is 2. The van der Waals surface area contributed by atoms with Gasteiger partial charge in [0.15, 0.2) is 17.2 Å². The molecule has 2 aliphatic heterocycles. The van der Waals surface area contributed by atoms with Crippen molar-refractivity contribution in [3.63, 3.8) is 0 Å². The number of esters is 1. The fourth-order valence-electron chi connectivity index (χ4n) is 10.5. The minimum absolute atomic E-state index is 0.000458. The lowest BCUT2D eigenvalue weighted by molar-refractivity contribution is -0.716. The molecular formula is C41H67N4O7+3. The van der Waals surface area contributed by atoms with Crippen molar-refractivity contribution in [2.45, 2.75) is 133 Å². The summed E-state index contributed by atoms with van der Waals surface area (Å²) in [6.45, 7) is 6.69. The van der Waals surface area contributed by atoms with Crippen molar-refractivity contribution in [3.05, 3.63) is 34.9 Å². The molecule has 10 atom stereocenters. The van der Waals surface area contributed by atoms with Gasteiger partial charge in [0.25, 0.3) is 5.60 Å². The van der Waals surface area contributed by atoms with Gasteiger partial charge in [0.2, 0.25) is 0 Å². The summed E-state index contributed by atoms with van der Waals surface area (Å²) in [4.78, 5) is 43.9. The first-order chi connectivity index (χ1) is 25.2. The summed E-state index contributed by atoms with van der Waals surface area (Å²) in [7, 11) is 2.06. The number of allylic oxidation sites excluding steroid dienone is 4. The van der Waals surface area contributed by atoms with Gasteiger partial charge in [-0.1, -0.05) is 30.6 Å². The van der Waals surface area contributed by atoms with Crippen LogP contribution >= 0.6 is 0 Å². The van der Waals surface area contributed by atoms with Gasteiger partial charge in [-0.15, -0.1) is 0 Å². The van der Waals surface area contributed by atoms with Crippen molar-refractivity contribution in [1.82, 2.24) is 5.32 Å². The van der Waals surface area contributed by atoms with E-state index in [2.05, 4.69) is 53.5 Å². The molecule has 0 spiro atoms. The van der Waals surface area contributed by atoms with E-state index in [0.29, 0.717) is 49.3 Å². The zero-order valence-electron chi connectivity index (χ0n) is 32.0. The van der Waals surface area contributed by atoms with Crippen LogP contribution < -0.4 is 21.3 Å². The van der Waals surface area contributed by atoms with E-state index in [-0.39, 0.29) is 43.2 Å². The molecule has 0 bridgehead atoms. The monoisotopic (exact) mass is 727 g/mol. The molecule has 11 nitrogen and oxygen atoms in total. The number of quaternary nitrogens is 3. The minimum Gasteiger partial charge on any atom is -0.459 e. The molecule has 0 aromatic carbocycles.